The normalized spacial score (nSPS) is 28.8. The largest absolute Gasteiger partial charge is 0.450 e. The van der Waals surface area contributed by atoms with E-state index in [2.05, 4.69) is 29.2 Å². The molecule has 32 heavy (non-hydrogen) atoms. The fourth-order valence-corrected chi connectivity index (χ4v) is 6.80. The van der Waals surface area contributed by atoms with Crippen LogP contribution in [0.2, 0.25) is 0 Å². The van der Waals surface area contributed by atoms with Crippen molar-refractivity contribution in [3.8, 4) is 0 Å². The van der Waals surface area contributed by atoms with E-state index >= 15 is 0 Å². The van der Waals surface area contributed by atoms with Gasteiger partial charge in [0.2, 0.25) is 5.91 Å². The van der Waals surface area contributed by atoms with Crippen LogP contribution < -0.4 is 0 Å². The van der Waals surface area contributed by atoms with Crippen molar-refractivity contribution in [1.29, 1.82) is 0 Å². The summed E-state index contributed by atoms with van der Waals surface area (Å²) in [6.45, 7) is 7.77. The molecule has 2 bridgehead atoms. The molecule has 2 atom stereocenters. The van der Waals surface area contributed by atoms with E-state index in [0.29, 0.717) is 24.7 Å². The van der Waals surface area contributed by atoms with Crippen molar-refractivity contribution in [3.63, 3.8) is 0 Å². The number of benzene rings is 1. The molecule has 6 nitrogen and oxygen atoms in total. The molecule has 6 heteroatoms. The molecular weight excluding hydrogens is 402 g/mol. The highest BCUT2D eigenvalue weighted by Gasteiger charge is 2.48. The van der Waals surface area contributed by atoms with Gasteiger partial charge in [0, 0.05) is 46.4 Å². The van der Waals surface area contributed by atoms with Gasteiger partial charge in [0.1, 0.15) is 0 Å². The van der Waals surface area contributed by atoms with Gasteiger partial charge in [-0.3, -0.25) is 4.79 Å². The molecule has 0 radical (unpaired) electrons. The number of rotatable bonds is 2. The number of likely N-dealkylation sites (tertiary alicyclic amines) is 1. The number of hydrogen-bond acceptors (Lipinski definition) is 4. The zero-order valence-electron chi connectivity index (χ0n) is 18.9. The number of carbonyl (C=O) groups is 2. The zero-order valence-corrected chi connectivity index (χ0v) is 18.9. The second-order valence-electron chi connectivity index (χ2n) is 9.96. The third kappa shape index (κ3) is 3.91. The van der Waals surface area contributed by atoms with Crippen LogP contribution in [0, 0.1) is 0 Å². The molecule has 3 fully saturated rings. The summed E-state index contributed by atoms with van der Waals surface area (Å²) in [5, 5.41) is 0. The maximum atomic E-state index is 12.4. The Hall–Kier alpha value is -2.08. The van der Waals surface area contributed by atoms with Crippen molar-refractivity contribution in [2.24, 2.45) is 0 Å². The van der Waals surface area contributed by atoms with Crippen molar-refractivity contribution in [3.05, 3.63) is 35.4 Å². The molecule has 1 aromatic rings. The first kappa shape index (κ1) is 23.1. The first-order valence-electron chi connectivity index (χ1n) is 12.0. The molecule has 1 spiro atoms. The molecule has 180 valence electrons. The average Bonchev–Trinajstić information content (AvgIpc) is 3.04. The Balaban J connectivity index is 0.00000136. The minimum Gasteiger partial charge on any atom is -0.450 e. The van der Waals surface area contributed by atoms with Gasteiger partial charge >= 0.3 is 6.09 Å². The number of ether oxygens (including phenoxy) is 1. The van der Waals surface area contributed by atoms with Crippen LogP contribution in [0.1, 0.15) is 73.8 Å². The molecule has 0 N–H and O–H groups in total. The van der Waals surface area contributed by atoms with Crippen molar-refractivity contribution in [1.82, 2.24) is 14.7 Å². The number of amides is 2. The maximum absolute atomic E-state index is 12.4. The monoisotopic (exact) mass is 445 g/mol. The number of fused-ring (bicyclic) bond motifs is 4. The molecule has 5 rings (SSSR count). The lowest BCUT2D eigenvalue weighted by atomic mass is 9.68. The Morgan fingerprint density at radius 2 is 1.75 bits per heavy atom. The van der Waals surface area contributed by atoms with Gasteiger partial charge in [-0.05, 0) is 69.7 Å². The van der Waals surface area contributed by atoms with E-state index in [4.69, 9.17) is 4.74 Å². The van der Waals surface area contributed by atoms with Gasteiger partial charge in [-0.2, -0.15) is 0 Å². The van der Waals surface area contributed by atoms with Gasteiger partial charge in [-0.25, -0.2) is 4.79 Å². The summed E-state index contributed by atoms with van der Waals surface area (Å²) in [4.78, 5) is 31.4. The van der Waals surface area contributed by atoms with Crippen LogP contribution in [0.5, 0.6) is 0 Å². The van der Waals surface area contributed by atoms with Crippen LogP contribution in [0.4, 0.5) is 4.79 Å². The smallest absolute Gasteiger partial charge is 0.410 e. The lowest BCUT2D eigenvalue weighted by Crippen LogP contribution is -2.57. The fraction of sp³-hybridized carbons (Fsp3) is 0.692. The molecule has 4 heterocycles. The Labute approximate surface area is 195 Å². The summed E-state index contributed by atoms with van der Waals surface area (Å²) >= 11 is 0. The van der Waals surface area contributed by atoms with E-state index in [1.807, 2.05) is 16.7 Å². The zero-order chi connectivity index (χ0) is 21.6. The second kappa shape index (κ2) is 9.05. The Kier molecular flexibility index (Phi) is 6.53. The van der Waals surface area contributed by atoms with Crippen LogP contribution in [0.3, 0.4) is 0 Å². The second-order valence-corrected chi connectivity index (χ2v) is 9.96. The van der Waals surface area contributed by atoms with Crippen molar-refractivity contribution < 1.29 is 17.2 Å². The number of carbonyl (C=O) groups excluding carboxylic acids is 2. The third-order valence-corrected chi connectivity index (χ3v) is 8.35. The fourth-order valence-electron chi connectivity index (χ4n) is 6.80. The Bertz CT molecular complexity index is 845. The first-order valence-corrected chi connectivity index (χ1v) is 12.0. The molecule has 3 saturated heterocycles. The van der Waals surface area contributed by atoms with Gasteiger partial charge in [0.25, 0.3) is 0 Å². The van der Waals surface area contributed by atoms with Crippen molar-refractivity contribution >= 4 is 12.0 Å². The molecule has 2 amide bonds. The molecule has 2 unspecified atom stereocenters. The van der Waals surface area contributed by atoms with Crippen LogP contribution in [-0.2, 0) is 21.5 Å². The van der Waals surface area contributed by atoms with Crippen LogP contribution in [0.25, 0.3) is 0 Å². The summed E-state index contributed by atoms with van der Waals surface area (Å²) in [5.41, 5.74) is 2.87. The van der Waals surface area contributed by atoms with Crippen LogP contribution in [0.15, 0.2) is 24.3 Å². The lowest BCUT2D eigenvalue weighted by Gasteiger charge is -2.51. The minimum absolute atomic E-state index is 0. The highest BCUT2D eigenvalue weighted by molar-refractivity contribution is 5.74. The summed E-state index contributed by atoms with van der Waals surface area (Å²) in [5.74, 6) is 0.180. The summed E-state index contributed by atoms with van der Waals surface area (Å²) in [6, 6.07) is 9.97. The third-order valence-electron chi connectivity index (χ3n) is 8.35. The Morgan fingerprint density at radius 1 is 1.09 bits per heavy atom. The van der Waals surface area contributed by atoms with Crippen molar-refractivity contribution in [2.45, 2.75) is 89.9 Å². The van der Waals surface area contributed by atoms with E-state index in [9.17, 15) is 9.59 Å². The number of piperidine rings is 2. The predicted octanol–water partition coefficient (Wildman–Crippen LogP) is 4.66. The summed E-state index contributed by atoms with van der Waals surface area (Å²) in [7, 11) is 0. The molecule has 4 aliphatic rings. The topological polar surface area (TPSA) is 53.1 Å². The summed E-state index contributed by atoms with van der Waals surface area (Å²) < 4.78 is 5.32. The van der Waals surface area contributed by atoms with Gasteiger partial charge < -0.3 is 19.4 Å². The van der Waals surface area contributed by atoms with Gasteiger partial charge in [0.15, 0.2) is 0 Å². The van der Waals surface area contributed by atoms with E-state index in [1.165, 1.54) is 11.1 Å². The van der Waals surface area contributed by atoms with Gasteiger partial charge in [-0.15, -0.1) is 0 Å². The average molecular weight is 446 g/mol. The van der Waals surface area contributed by atoms with Gasteiger partial charge in [0.05, 0.1) is 6.61 Å². The van der Waals surface area contributed by atoms with Gasteiger partial charge in [-0.1, -0.05) is 31.7 Å². The van der Waals surface area contributed by atoms with E-state index in [1.54, 1.807) is 6.92 Å². The standard InChI is InChI=1S/C25H35N3O3.CH4.2H2/c1-3-31-24(30)28-20-8-9-21(28)15-22(14-20)26-12-10-25(11-13-26)17-27(18(2)29)16-19-6-4-5-7-23(19)25;;;/h4-7,20-22H,3,8-17H2,1-2H3;1H4;2*1H. The molecule has 0 saturated carbocycles. The quantitative estimate of drug-likeness (QED) is 0.664. The molecule has 0 aromatic heterocycles. The predicted molar refractivity (Wildman–Crippen MR) is 130 cm³/mol. The SMILES string of the molecule is C.CCOC(=O)N1C2CCC1CC(N1CCC3(CC1)CN(C(C)=O)Cc1ccccc13)C2.[HH].[HH]. The maximum Gasteiger partial charge on any atom is 0.410 e. The first-order chi connectivity index (χ1) is 15.0. The highest BCUT2D eigenvalue weighted by Crippen LogP contribution is 2.44. The number of hydrogen-bond donors (Lipinski definition) is 0. The van der Waals surface area contributed by atoms with Crippen LogP contribution >= 0.6 is 0 Å². The number of nitrogens with zero attached hydrogens (tertiary/aromatic N) is 3. The van der Waals surface area contributed by atoms with E-state index in [-0.39, 0.29) is 27.7 Å². The molecule has 1 aromatic carbocycles. The van der Waals surface area contributed by atoms with Crippen LogP contribution in [-0.4, -0.2) is 71.1 Å². The molecule has 0 aliphatic carbocycles. The minimum atomic E-state index is -0.116. The molecule has 4 aliphatic heterocycles. The van der Waals surface area contributed by atoms with E-state index in [0.717, 1.165) is 64.7 Å². The highest BCUT2D eigenvalue weighted by atomic mass is 16.6. The summed E-state index contributed by atoms with van der Waals surface area (Å²) in [6.07, 6.45) is 6.44. The lowest BCUT2D eigenvalue weighted by molar-refractivity contribution is -0.131. The Morgan fingerprint density at radius 3 is 2.38 bits per heavy atom. The van der Waals surface area contributed by atoms with E-state index < -0.39 is 0 Å². The molecular formula is C26H43N3O3. The van der Waals surface area contributed by atoms with Crippen molar-refractivity contribution in [2.75, 3.05) is 26.2 Å².